The van der Waals surface area contributed by atoms with Crippen molar-refractivity contribution in [1.29, 1.82) is 0 Å². The molecule has 1 atom stereocenters. The molecule has 0 bridgehead atoms. The van der Waals surface area contributed by atoms with Gasteiger partial charge in [0.15, 0.2) is 0 Å². The number of hydrogen-bond donors (Lipinski definition) is 3. The largest absolute Gasteiger partial charge is 0.394 e. The standard InChI is InChI=1S/C7H15NO4/c1-8-7(4-10,5-11)6-12-3-2-9/h4,8-9,11H,2-3,5-6H2,1H3/t7-/m1/s1. The highest BCUT2D eigenvalue weighted by atomic mass is 16.5. The average molecular weight is 177 g/mol. The van der Waals surface area contributed by atoms with Crippen LogP contribution in [0.2, 0.25) is 0 Å². The molecule has 0 saturated carbocycles. The zero-order valence-electron chi connectivity index (χ0n) is 7.12. The molecule has 0 amide bonds. The smallest absolute Gasteiger partial charge is 0.144 e. The van der Waals surface area contributed by atoms with Crippen LogP contribution in [-0.2, 0) is 9.53 Å². The van der Waals surface area contributed by atoms with Gasteiger partial charge in [0.1, 0.15) is 11.8 Å². The number of carbonyl (C=O) groups is 1. The summed E-state index contributed by atoms with van der Waals surface area (Å²) in [6, 6.07) is 0. The summed E-state index contributed by atoms with van der Waals surface area (Å²) in [5.41, 5.74) is -1.03. The van der Waals surface area contributed by atoms with Crippen LogP contribution in [0, 0.1) is 0 Å². The van der Waals surface area contributed by atoms with Crippen molar-refractivity contribution in [3.63, 3.8) is 0 Å². The van der Waals surface area contributed by atoms with Crippen molar-refractivity contribution < 1.29 is 19.7 Å². The number of nitrogens with one attached hydrogen (secondary N) is 1. The predicted molar refractivity (Wildman–Crippen MR) is 42.8 cm³/mol. The van der Waals surface area contributed by atoms with Crippen molar-refractivity contribution in [3.05, 3.63) is 0 Å². The molecule has 5 heteroatoms. The van der Waals surface area contributed by atoms with Gasteiger partial charge in [-0.05, 0) is 7.05 Å². The first-order chi connectivity index (χ1) is 5.74. The Kier molecular flexibility index (Phi) is 5.83. The topological polar surface area (TPSA) is 78.8 Å². The van der Waals surface area contributed by atoms with Gasteiger partial charge in [0.2, 0.25) is 0 Å². The van der Waals surface area contributed by atoms with Gasteiger partial charge in [0.05, 0.1) is 26.4 Å². The van der Waals surface area contributed by atoms with Crippen molar-refractivity contribution >= 4 is 6.29 Å². The van der Waals surface area contributed by atoms with Crippen molar-refractivity contribution in [2.75, 3.05) is 33.5 Å². The quantitative estimate of drug-likeness (QED) is 0.314. The first-order valence-corrected chi connectivity index (χ1v) is 3.69. The molecule has 0 fully saturated rings. The Labute approximate surface area is 71.3 Å². The second-order valence-electron chi connectivity index (χ2n) is 2.46. The molecule has 0 radical (unpaired) electrons. The molecule has 0 spiro atoms. The van der Waals surface area contributed by atoms with Crippen molar-refractivity contribution in [2.24, 2.45) is 0 Å². The monoisotopic (exact) mass is 177 g/mol. The van der Waals surface area contributed by atoms with Crippen LogP contribution in [-0.4, -0.2) is 55.5 Å². The summed E-state index contributed by atoms with van der Waals surface area (Å²) in [5, 5.41) is 19.9. The van der Waals surface area contributed by atoms with E-state index in [0.29, 0.717) is 6.29 Å². The lowest BCUT2D eigenvalue weighted by Crippen LogP contribution is -2.52. The molecule has 0 aromatic heterocycles. The van der Waals surface area contributed by atoms with E-state index < -0.39 is 5.54 Å². The van der Waals surface area contributed by atoms with Crippen LogP contribution >= 0.6 is 0 Å². The highest BCUT2D eigenvalue weighted by molar-refractivity contribution is 5.64. The lowest BCUT2D eigenvalue weighted by atomic mass is 10.1. The highest BCUT2D eigenvalue weighted by Crippen LogP contribution is 1.99. The summed E-state index contributed by atoms with van der Waals surface area (Å²) in [6.45, 7) is -0.191. The van der Waals surface area contributed by atoms with Crippen LogP contribution in [0.3, 0.4) is 0 Å². The van der Waals surface area contributed by atoms with Gasteiger partial charge in [-0.15, -0.1) is 0 Å². The number of likely N-dealkylation sites (N-methyl/N-ethyl adjacent to an activating group) is 1. The molecule has 0 aliphatic rings. The van der Waals surface area contributed by atoms with Crippen molar-refractivity contribution in [2.45, 2.75) is 5.54 Å². The number of aliphatic hydroxyl groups excluding tert-OH is 2. The molecule has 0 aromatic rings. The van der Waals surface area contributed by atoms with E-state index in [4.69, 9.17) is 14.9 Å². The minimum Gasteiger partial charge on any atom is -0.394 e. The third-order valence-corrected chi connectivity index (χ3v) is 1.60. The van der Waals surface area contributed by atoms with Crippen LogP contribution in [0.15, 0.2) is 0 Å². The molecule has 5 nitrogen and oxygen atoms in total. The van der Waals surface area contributed by atoms with Crippen molar-refractivity contribution in [1.82, 2.24) is 5.32 Å². The van der Waals surface area contributed by atoms with Gasteiger partial charge in [-0.25, -0.2) is 0 Å². The fourth-order valence-corrected chi connectivity index (χ4v) is 0.646. The fraction of sp³-hybridized carbons (Fsp3) is 0.857. The lowest BCUT2D eigenvalue weighted by molar-refractivity contribution is -0.117. The maximum atomic E-state index is 10.5. The minimum atomic E-state index is -1.03. The molecular formula is C7H15NO4. The van der Waals surface area contributed by atoms with E-state index in [9.17, 15) is 4.79 Å². The Balaban J connectivity index is 3.84. The van der Waals surface area contributed by atoms with E-state index in [0.717, 1.165) is 0 Å². The Morgan fingerprint density at radius 1 is 1.58 bits per heavy atom. The summed E-state index contributed by atoms with van der Waals surface area (Å²) in [5.74, 6) is 0. The first kappa shape index (κ1) is 11.5. The van der Waals surface area contributed by atoms with Crippen LogP contribution in [0.5, 0.6) is 0 Å². The highest BCUT2D eigenvalue weighted by Gasteiger charge is 2.26. The van der Waals surface area contributed by atoms with Crippen LogP contribution in [0.1, 0.15) is 0 Å². The summed E-state index contributed by atoms with van der Waals surface area (Å²) < 4.78 is 4.92. The van der Waals surface area contributed by atoms with Gasteiger partial charge in [-0.2, -0.15) is 0 Å². The zero-order valence-corrected chi connectivity index (χ0v) is 7.12. The number of aldehydes is 1. The molecule has 3 N–H and O–H groups in total. The fourth-order valence-electron chi connectivity index (χ4n) is 0.646. The van der Waals surface area contributed by atoms with E-state index in [1.807, 2.05) is 0 Å². The number of rotatable bonds is 7. The molecule has 0 saturated heterocycles. The molecular weight excluding hydrogens is 162 g/mol. The second-order valence-corrected chi connectivity index (χ2v) is 2.46. The number of aliphatic hydroxyl groups is 2. The van der Waals surface area contributed by atoms with Gasteiger partial charge in [0, 0.05) is 0 Å². The van der Waals surface area contributed by atoms with Crippen LogP contribution < -0.4 is 5.32 Å². The van der Waals surface area contributed by atoms with E-state index in [2.05, 4.69) is 5.32 Å². The maximum absolute atomic E-state index is 10.5. The van der Waals surface area contributed by atoms with E-state index in [-0.39, 0.29) is 26.4 Å². The van der Waals surface area contributed by atoms with E-state index in [1.54, 1.807) is 7.05 Å². The van der Waals surface area contributed by atoms with Gasteiger partial charge in [0.25, 0.3) is 0 Å². The third kappa shape index (κ3) is 3.27. The molecule has 0 rings (SSSR count). The van der Waals surface area contributed by atoms with Gasteiger partial charge in [-0.1, -0.05) is 0 Å². The minimum absolute atomic E-state index is 0.0596. The summed E-state index contributed by atoms with van der Waals surface area (Å²) >= 11 is 0. The molecule has 0 aromatic carbocycles. The molecule has 0 unspecified atom stereocenters. The maximum Gasteiger partial charge on any atom is 0.144 e. The SMILES string of the molecule is CN[C@](C=O)(CO)COCCO. The zero-order chi connectivity index (χ0) is 9.45. The second kappa shape index (κ2) is 6.07. The average Bonchev–Trinajstić information content (AvgIpc) is 2.14. The Hall–Kier alpha value is -0.490. The summed E-state index contributed by atoms with van der Waals surface area (Å²) in [6.07, 6.45) is 0.602. The number of carbonyl (C=O) groups excluding carboxylic acids is 1. The first-order valence-electron chi connectivity index (χ1n) is 3.69. The Morgan fingerprint density at radius 2 is 2.25 bits per heavy atom. The van der Waals surface area contributed by atoms with Crippen LogP contribution in [0.25, 0.3) is 0 Å². The predicted octanol–water partition coefficient (Wildman–Crippen LogP) is -1.86. The number of ether oxygens (including phenoxy) is 1. The summed E-state index contributed by atoms with van der Waals surface area (Å²) in [4.78, 5) is 10.5. The van der Waals surface area contributed by atoms with E-state index in [1.165, 1.54) is 0 Å². The van der Waals surface area contributed by atoms with Gasteiger partial charge >= 0.3 is 0 Å². The Bertz CT molecular complexity index is 125. The normalized spacial score (nSPS) is 15.6. The lowest BCUT2D eigenvalue weighted by Gasteiger charge is -2.24. The number of hydrogen-bond acceptors (Lipinski definition) is 5. The van der Waals surface area contributed by atoms with E-state index >= 15 is 0 Å². The third-order valence-electron chi connectivity index (χ3n) is 1.60. The molecule has 72 valence electrons. The van der Waals surface area contributed by atoms with Crippen LogP contribution in [0.4, 0.5) is 0 Å². The van der Waals surface area contributed by atoms with Gasteiger partial charge < -0.3 is 25.1 Å². The summed E-state index contributed by atoms with van der Waals surface area (Å²) in [7, 11) is 1.56. The molecule has 0 heterocycles. The molecule has 0 aliphatic carbocycles. The molecule has 0 aliphatic heterocycles. The van der Waals surface area contributed by atoms with Crippen molar-refractivity contribution in [3.8, 4) is 0 Å². The Morgan fingerprint density at radius 3 is 2.58 bits per heavy atom. The van der Waals surface area contributed by atoms with Gasteiger partial charge in [-0.3, -0.25) is 0 Å². The molecule has 12 heavy (non-hydrogen) atoms.